The molecule has 0 bridgehead atoms. The van der Waals surface area contributed by atoms with E-state index in [-0.39, 0.29) is 11.6 Å². The summed E-state index contributed by atoms with van der Waals surface area (Å²) in [7, 11) is 0. The van der Waals surface area contributed by atoms with Crippen LogP contribution in [0.4, 0.5) is 0 Å². The lowest BCUT2D eigenvalue weighted by molar-refractivity contribution is -0.144. The molecule has 1 saturated heterocycles. The van der Waals surface area contributed by atoms with Gasteiger partial charge in [-0.3, -0.25) is 4.79 Å². The van der Waals surface area contributed by atoms with Crippen molar-refractivity contribution in [2.75, 3.05) is 18.1 Å². The molecule has 2 atom stereocenters. The van der Waals surface area contributed by atoms with E-state index in [0.717, 1.165) is 12.2 Å². The number of esters is 1. The van der Waals surface area contributed by atoms with E-state index in [0.29, 0.717) is 18.5 Å². The minimum atomic E-state index is -0.509. The Morgan fingerprint density at radius 3 is 2.85 bits per heavy atom. The fraction of sp³-hybridized carbons (Fsp3) is 0.933. The van der Waals surface area contributed by atoms with Gasteiger partial charge >= 0.3 is 5.97 Å². The summed E-state index contributed by atoms with van der Waals surface area (Å²) in [5.41, 5.74) is 5.98. The largest absolute Gasteiger partial charge is 0.465 e. The molecule has 2 N–H and O–H groups in total. The summed E-state index contributed by atoms with van der Waals surface area (Å²) in [5.74, 6) is 1.26. The maximum atomic E-state index is 11.4. The SMILES string of the molecule is CCOC(=O)C(N)CSCC1CCC2(CCCCC2)O1. The second-order valence-corrected chi connectivity index (χ2v) is 6.99. The predicted octanol–water partition coefficient (Wildman–Crippen LogP) is 2.49. The molecule has 0 amide bonds. The maximum Gasteiger partial charge on any atom is 0.323 e. The van der Waals surface area contributed by atoms with Gasteiger partial charge in [0, 0.05) is 11.5 Å². The molecule has 20 heavy (non-hydrogen) atoms. The molecule has 1 aliphatic carbocycles. The van der Waals surface area contributed by atoms with Gasteiger partial charge in [-0.25, -0.2) is 0 Å². The van der Waals surface area contributed by atoms with Crippen LogP contribution in [0.3, 0.4) is 0 Å². The molecule has 0 aromatic carbocycles. The Balaban J connectivity index is 1.64. The smallest absolute Gasteiger partial charge is 0.323 e. The standard InChI is InChI=1S/C15H27NO3S/c1-2-18-14(17)13(16)11-20-10-12-6-9-15(19-12)7-4-3-5-8-15/h12-13H,2-11,16H2,1H3. The van der Waals surface area contributed by atoms with Crippen LogP contribution in [0.1, 0.15) is 51.9 Å². The van der Waals surface area contributed by atoms with Crippen LogP contribution in [-0.4, -0.2) is 41.8 Å². The van der Waals surface area contributed by atoms with Gasteiger partial charge in [0.1, 0.15) is 6.04 Å². The van der Waals surface area contributed by atoms with Crippen molar-refractivity contribution in [3.63, 3.8) is 0 Å². The van der Waals surface area contributed by atoms with Gasteiger partial charge in [-0.05, 0) is 32.6 Å². The van der Waals surface area contributed by atoms with E-state index in [9.17, 15) is 4.79 Å². The van der Waals surface area contributed by atoms with Crippen molar-refractivity contribution >= 4 is 17.7 Å². The number of rotatable bonds is 6. The van der Waals surface area contributed by atoms with Crippen molar-refractivity contribution in [2.45, 2.75) is 69.6 Å². The molecule has 2 unspecified atom stereocenters. The second kappa shape index (κ2) is 7.66. The Morgan fingerprint density at radius 1 is 1.40 bits per heavy atom. The van der Waals surface area contributed by atoms with Gasteiger partial charge < -0.3 is 15.2 Å². The Morgan fingerprint density at radius 2 is 2.15 bits per heavy atom. The van der Waals surface area contributed by atoms with Gasteiger partial charge in [-0.15, -0.1) is 0 Å². The van der Waals surface area contributed by atoms with Crippen LogP contribution in [0.5, 0.6) is 0 Å². The molecule has 1 aliphatic heterocycles. The molecule has 2 rings (SSSR count). The zero-order chi connectivity index (χ0) is 14.4. The number of thioether (sulfide) groups is 1. The predicted molar refractivity (Wildman–Crippen MR) is 81.9 cm³/mol. The zero-order valence-corrected chi connectivity index (χ0v) is 13.3. The maximum absolute atomic E-state index is 11.4. The number of carbonyl (C=O) groups is 1. The van der Waals surface area contributed by atoms with Gasteiger partial charge in [0.05, 0.1) is 18.3 Å². The molecule has 1 saturated carbocycles. The zero-order valence-electron chi connectivity index (χ0n) is 12.4. The van der Waals surface area contributed by atoms with E-state index in [1.165, 1.54) is 38.5 Å². The van der Waals surface area contributed by atoms with Crippen molar-refractivity contribution in [1.82, 2.24) is 0 Å². The highest BCUT2D eigenvalue weighted by molar-refractivity contribution is 7.99. The molecule has 0 aromatic rings. The Labute approximate surface area is 126 Å². The fourth-order valence-corrected chi connectivity index (χ4v) is 4.24. The molecule has 2 aliphatic rings. The first kappa shape index (κ1) is 16.1. The lowest BCUT2D eigenvalue weighted by Crippen LogP contribution is -2.35. The summed E-state index contributed by atoms with van der Waals surface area (Å²) >= 11 is 1.71. The number of hydrogen-bond donors (Lipinski definition) is 1. The molecule has 2 fully saturated rings. The molecular weight excluding hydrogens is 274 g/mol. The van der Waals surface area contributed by atoms with E-state index in [1.807, 2.05) is 0 Å². The second-order valence-electron chi connectivity index (χ2n) is 5.92. The minimum Gasteiger partial charge on any atom is -0.465 e. The summed E-state index contributed by atoms with van der Waals surface area (Å²) in [4.78, 5) is 11.4. The summed E-state index contributed by atoms with van der Waals surface area (Å²) in [6, 6.07) is -0.509. The van der Waals surface area contributed by atoms with Gasteiger partial charge in [-0.2, -0.15) is 11.8 Å². The number of hydrogen-bond acceptors (Lipinski definition) is 5. The first-order valence-electron chi connectivity index (χ1n) is 7.83. The van der Waals surface area contributed by atoms with E-state index in [4.69, 9.17) is 15.2 Å². The first-order valence-corrected chi connectivity index (χ1v) is 8.98. The highest BCUT2D eigenvalue weighted by Crippen LogP contribution is 2.42. The van der Waals surface area contributed by atoms with Gasteiger partial charge in [0.2, 0.25) is 0 Å². The number of nitrogens with two attached hydrogens (primary N) is 1. The fourth-order valence-electron chi connectivity index (χ4n) is 3.22. The van der Waals surface area contributed by atoms with E-state index < -0.39 is 6.04 Å². The lowest BCUT2D eigenvalue weighted by atomic mass is 9.83. The average Bonchev–Trinajstić information content (AvgIpc) is 2.82. The van der Waals surface area contributed by atoms with Crippen molar-refractivity contribution in [2.24, 2.45) is 5.73 Å². The third-order valence-corrected chi connectivity index (χ3v) is 5.50. The van der Waals surface area contributed by atoms with Crippen LogP contribution in [0.15, 0.2) is 0 Å². The van der Waals surface area contributed by atoms with E-state index >= 15 is 0 Å². The van der Waals surface area contributed by atoms with E-state index in [1.54, 1.807) is 18.7 Å². The van der Waals surface area contributed by atoms with Crippen molar-refractivity contribution < 1.29 is 14.3 Å². The summed E-state index contributed by atoms with van der Waals surface area (Å²) < 4.78 is 11.2. The Hall–Kier alpha value is -0.260. The molecular formula is C15H27NO3S. The highest BCUT2D eigenvalue weighted by Gasteiger charge is 2.40. The molecule has 5 heteroatoms. The molecule has 1 spiro atoms. The Bertz CT molecular complexity index is 318. The average molecular weight is 301 g/mol. The number of ether oxygens (including phenoxy) is 2. The minimum absolute atomic E-state index is 0.187. The van der Waals surface area contributed by atoms with Crippen molar-refractivity contribution in [3.05, 3.63) is 0 Å². The van der Waals surface area contributed by atoms with Crippen LogP contribution in [0.25, 0.3) is 0 Å². The van der Waals surface area contributed by atoms with Gasteiger partial charge in [-0.1, -0.05) is 19.3 Å². The van der Waals surface area contributed by atoms with Crippen LogP contribution >= 0.6 is 11.8 Å². The normalized spacial score (nSPS) is 26.6. The van der Waals surface area contributed by atoms with Gasteiger partial charge in [0.25, 0.3) is 0 Å². The van der Waals surface area contributed by atoms with Crippen LogP contribution < -0.4 is 5.73 Å². The molecule has 116 valence electrons. The van der Waals surface area contributed by atoms with Crippen molar-refractivity contribution in [1.29, 1.82) is 0 Å². The van der Waals surface area contributed by atoms with Crippen LogP contribution in [0, 0.1) is 0 Å². The first-order chi connectivity index (χ1) is 9.65. The highest BCUT2D eigenvalue weighted by atomic mass is 32.2. The number of carbonyl (C=O) groups excluding carboxylic acids is 1. The molecule has 0 aromatic heterocycles. The lowest BCUT2D eigenvalue weighted by Gasteiger charge is -2.33. The Kier molecular flexibility index (Phi) is 6.18. The quantitative estimate of drug-likeness (QED) is 0.764. The summed E-state index contributed by atoms with van der Waals surface area (Å²) in [5, 5.41) is 0. The molecule has 0 radical (unpaired) electrons. The monoisotopic (exact) mass is 301 g/mol. The third-order valence-electron chi connectivity index (χ3n) is 4.29. The van der Waals surface area contributed by atoms with Crippen LogP contribution in [0.2, 0.25) is 0 Å². The van der Waals surface area contributed by atoms with Crippen molar-refractivity contribution in [3.8, 4) is 0 Å². The van der Waals surface area contributed by atoms with Gasteiger partial charge in [0.15, 0.2) is 0 Å². The van der Waals surface area contributed by atoms with Crippen LogP contribution in [-0.2, 0) is 14.3 Å². The molecule has 1 heterocycles. The third kappa shape index (κ3) is 4.37. The topological polar surface area (TPSA) is 61.5 Å². The summed E-state index contributed by atoms with van der Waals surface area (Å²) in [6.45, 7) is 2.19. The molecule has 4 nitrogen and oxygen atoms in total. The van der Waals surface area contributed by atoms with E-state index in [2.05, 4.69) is 0 Å². The summed E-state index contributed by atoms with van der Waals surface area (Å²) in [6.07, 6.45) is 9.16.